The third kappa shape index (κ3) is 6.31. The maximum absolute atomic E-state index is 11.5. The summed E-state index contributed by atoms with van der Waals surface area (Å²) in [6.07, 6.45) is -0.267. The molecular weight excluding hydrogens is 270 g/mol. The van der Waals surface area contributed by atoms with Crippen molar-refractivity contribution < 1.29 is 19.0 Å². The highest BCUT2D eigenvalue weighted by Gasteiger charge is 2.11. The summed E-state index contributed by atoms with van der Waals surface area (Å²) in [6.45, 7) is 1.69. The minimum Gasteiger partial charge on any atom is -0.497 e. The summed E-state index contributed by atoms with van der Waals surface area (Å²) in [5.74, 6) is 0.948. The number of carbonyl (C=O) groups is 1. The fourth-order valence-electron chi connectivity index (χ4n) is 1.14. The maximum Gasteiger partial charge on any atom is 0.345 e. The number of hydrogen-bond acceptors (Lipinski definition) is 5. The van der Waals surface area contributed by atoms with E-state index in [1.807, 2.05) is 14.1 Å². The largest absolute Gasteiger partial charge is 0.497 e. The van der Waals surface area contributed by atoms with Gasteiger partial charge in [0.25, 0.3) is 0 Å². The molecule has 0 heterocycles. The normalized spacial score (nSPS) is 11.4. The summed E-state index contributed by atoms with van der Waals surface area (Å²) < 4.78 is 15.4. The number of ether oxygens (including phenoxy) is 3. The number of halogens is 1. The summed E-state index contributed by atoms with van der Waals surface area (Å²) in [7, 11) is 5.26. The van der Waals surface area contributed by atoms with Gasteiger partial charge in [-0.25, -0.2) is 4.79 Å². The first kappa shape index (κ1) is 17.5. The maximum atomic E-state index is 11.5. The molecule has 5 nitrogen and oxygen atoms in total. The molecule has 0 bridgehead atoms. The molecule has 6 heteroatoms. The van der Waals surface area contributed by atoms with Gasteiger partial charge in [-0.1, -0.05) is 0 Å². The molecule has 0 spiro atoms. The van der Waals surface area contributed by atoms with Gasteiger partial charge in [0.2, 0.25) is 0 Å². The van der Waals surface area contributed by atoms with E-state index in [2.05, 4.69) is 0 Å². The van der Waals surface area contributed by atoms with Gasteiger partial charge in [-0.15, -0.1) is 12.4 Å². The minimum absolute atomic E-state index is 0. The van der Waals surface area contributed by atoms with Crippen molar-refractivity contribution in [3.05, 3.63) is 24.3 Å². The van der Waals surface area contributed by atoms with Crippen LogP contribution in [0, 0.1) is 0 Å². The van der Waals surface area contributed by atoms with E-state index in [9.17, 15) is 4.79 Å². The zero-order chi connectivity index (χ0) is 13.5. The van der Waals surface area contributed by atoms with Gasteiger partial charge in [0, 0.05) is 0 Å². The molecule has 108 valence electrons. The van der Waals surface area contributed by atoms with Gasteiger partial charge in [0.05, 0.1) is 7.11 Å². The Labute approximate surface area is 119 Å². The molecule has 1 aromatic rings. The highest BCUT2D eigenvalue weighted by Crippen LogP contribution is 2.16. The van der Waals surface area contributed by atoms with E-state index >= 15 is 0 Å². The lowest BCUT2D eigenvalue weighted by atomic mass is 10.3. The van der Waals surface area contributed by atoms with Crippen molar-refractivity contribution in [2.75, 3.05) is 27.8 Å². The van der Waals surface area contributed by atoms with Crippen LogP contribution in [0.4, 0.5) is 0 Å². The van der Waals surface area contributed by atoms with Crippen molar-refractivity contribution in [2.24, 2.45) is 0 Å². The van der Waals surface area contributed by atoms with Crippen LogP contribution in [-0.4, -0.2) is 44.9 Å². The monoisotopic (exact) mass is 289 g/mol. The number of methoxy groups -OCH3 is 1. The molecule has 0 aromatic heterocycles. The molecule has 0 aliphatic heterocycles. The SMILES string of the molecule is COc1ccc(OCC(=O)OC(C)N(C)C)cc1.Cl. The van der Waals surface area contributed by atoms with Crippen LogP contribution in [-0.2, 0) is 9.53 Å². The summed E-state index contributed by atoms with van der Waals surface area (Å²) in [5, 5.41) is 0. The van der Waals surface area contributed by atoms with E-state index in [-0.39, 0.29) is 25.2 Å². The molecule has 0 aliphatic rings. The lowest BCUT2D eigenvalue weighted by molar-refractivity contribution is -0.157. The molecule has 0 aliphatic carbocycles. The molecule has 1 rings (SSSR count). The fraction of sp³-hybridized carbons (Fsp3) is 0.462. The zero-order valence-electron chi connectivity index (χ0n) is 11.6. The van der Waals surface area contributed by atoms with E-state index in [1.54, 1.807) is 43.2 Å². The van der Waals surface area contributed by atoms with E-state index in [0.29, 0.717) is 5.75 Å². The first-order valence-corrected chi connectivity index (χ1v) is 5.65. The Morgan fingerprint density at radius 1 is 1.21 bits per heavy atom. The Morgan fingerprint density at radius 2 is 1.74 bits per heavy atom. The van der Waals surface area contributed by atoms with Gasteiger partial charge in [-0.3, -0.25) is 4.90 Å². The molecular formula is C13H20ClNO4. The van der Waals surface area contributed by atoms with Crippen LogP contribution in [0.3, 0.4) is 0 Å². The smallest absolute Gasteiger partial charge is 0.345 e. The predicted molar refractivity (Wildman–Crippen MR) is 75.0 cm³/mol. The van der Waals surface area contributed by atoms with Crippen molar-refractivity contribution in [3.8, 4) is 11.5 Å². The molecule has 0 saturated heterocycles. The standard InChI is InChI=1S/C13H19NO4.ClH/c1-10(14(2)3)18-13(15)9-17-12-7-5-11(16-4)6-8-12;/h5-8,10H,9H2,1-4H3;1H. The highest BCUT2D eigenvalue weighted by molar-refractivity contribution is 5.85. The third-order valence-electron chi connectivity index (χ3n) is 2.45. The van der Waals surface area contributed by atoms with E-state index in [4.69, 9.17) is 14.2 Å². The van der Waals surface area contributed by atoms with Gasteiger partial charge in [0.1, 0.15) is 11.5 Å². The summed E-state index contributed by atoms with van der Waals surface area (Å²) in [6, 6.07) is 7.01. The van der Waals surface area contributed by atoms with Gasteiger partial charge in [0.15, 0.2) is 12.8 Å². The van der Waals surface area contributed by atoms with Crippen molar-refractivity contribution in [1.82, 2.24) is 4.90 Å². The van der Waals surface area contributed by atoms with Crippen molar-refractivity contribution in [1.29, 1.82) is 0 Å². The lowest BCUT2D eigenvalue weighted by Gasteiger charge is -2.19. The molecule has 0 saturated carbocycles. The van der Waals surface area contributed by atoms with E-state index in [1.165, 1.54) is 0 Å². The zero-order valence-corrected chi connectivity index (χ0v) is 12.4. The second-order valence-corrected chi connectivity index (χ2v) is 4.02. The minimum atomic E-state index is -0.396. The molecule has 19 heavy (non-hydrogen) atoms. The Bertz CT molecular complexity index is 381. The Hall–Kier alpha value is -1.46. The van der Waals surface area contributed by atoms with Gasteiger partial charge < -0.3 is 14.2 Å². The van der Waals surface area contributed by atoms with Gasteiger partial charge >= 0.3 is 5.97 Å². The number of esters is 1. The first-order chi connectivity index (χ1) is 8.52. The van der Waals surface area contributed by atoms with Crippen molar-refractivity contribution in [3.63, 3.8) is 0 Å². The van der Waals surface area contributed by atoms with Gasteiger partial charge in [-0.05, 0) is 45.3 Å². The average molecular weight is 290 g/mol. The quantitative estimate of drug-likeness (QED) is 0.592. The number of hydrogen-bond donors (Lipinski definition) is 0. The topological polar surface area (TPSA) is 48.0 Å². The molecule has 0 N–H and O–H groups in total. The molecule has 0 amide bonds. The van der Waals surface area contributed by atoms with E-state index < -0.39 is 5.97 Å². The Balaban J connectivity index is 0.00000324. The fourth-order valence-corrected chi connectivity index (χ4v) is 1.14. The van der Waals surface area contributed by atoms with Gasteiger partial charge in [-0.2, -0.15) is 0 Å². The first-order valence-electron chi connectivity index (χ1n) is 5.65. The predicted octanol–water partition coefficient (Wildman–Crippen LogP) is 1.95. The number of rotatable bonds is 6. The molecule has 0 fully saturated rings. The molecule has 1 aromatic carbocycles. The highest BCUT2D eigenvalue weighted by atomic mass is 35.5. The van der Waals surface area contributed by atoms with Crippen LogP contribution in [0.25, 0.3) is 0 Å². The molecule has 1 atom stereocenters. The van der Waals surface area contributed by atoms with Crippen molar-refractivity contribution in [2.45, 2.75) is 13.2 Å². The Kier molecular flexibility index (Phi) is 7.95. The summed E-state index contributed by atoms with van der Waals surface area (Å²) in [4.78, 5) is 13.3. The van der Waals surface area contributed by atoms with Crippen LogP contribution in [0.5, 0.6) is 11.5 Å². The van der Waals surface area contributed by atoms with E-state index in [0.717, 1.165) is 5.75 Å². The van der Waals surface area contributed by atoms with Crippen LogP contribution < -0.4 is 9.47 Å². The molecule has 0 radical (unpaired) electrons. The Morgan fingerprint density at radius 3 is 2.21 bits per heavy atom. The number of benzene rings is 1. The average Bonchev–Trinajstić information content (AvgIpc) is 2.36. The van der Waals surface area contributed by atoms with Crippen LogP contribution in [0.2, 0.25) is 0 Å². The summed E-state index contributed by atoms with van der Waals surface area (Å²) >= 11 is 0. The third-order valence-corrected chi connectivity index (χ3v) is 2.45. The van der Waals surface area contributed by atoms with Crippen LogP contribution >= 0.6 is 12.4 Å². The second-order valence-electron chi connectivity index (χ2n) is 4.02. The lowest BCUT2D eigenvalue weighted by Crippen LogP contribution is -2.31. The second kappa shape index (κ2) is 8.61. The number of nitrogens with zero attached hydrogens (tertiary/aromatic N) is 1. The van der Waals surface area contributed by atoms with Crippen LogP contribution in [0.15, 0.2) is 24.3 Å². The summed E-state index contributed by atoms with van der Waals surface area (Å²) in [5.41, 5.74) is 0. The molecule has 1 unspecified atom stereocenters. The van der Waals surface area contributed by atoms with Crippen LogP contribution in [0.1, 0.15) is 6.92 Å². The number of carbonyl (C=O) groups excluding carboxylic acids is 1. The van der Waals surface area contributed by atoms with Crippen molar-refractivity contribution >= 4 is 18.4 Å².